The Bertz CT molecular complexity index is 583. The van der Waals surface area contributed by atoms with Crippen LogP contribution in [0.25, 0.3) is 0 Å². The highest BCUT2D eigenvalue weighted by molar-refractivity contribution is 14.1. The number of halogens is 5. The molecule has 3 nitrogen and oxygen atoms in total. The maximum atomic E-state index is 13.4. The first-order chi connectivity index (χ1) is 8.86. The summed E-state index contributed by atoms with van der Waals surface area (Å²) >= 11 is 1.97. The maximum Gasteiger partial charge on any atom is 0.416 e. The van der Waals surface area contributed by atoms with E-state index in [1.807, 2.05) is 22.6 Å². The van der Waals surface area contributed by atoms with Crippen molar-refractivity contribution in [2.75, 3.05) is 5.32 Å². The highest BCUT2D eigenvalue weighted by atomic mass is 127. The molecule has 0 amide bonds. The lowest BCUT2D eigenvalue weighted by molar-refractivity contribution is -0.137. The lowest BCUT2D eigenvalue weighted by atomic mass is 10.2. The molecule has 0 fully saturated rings. The standard InChI is InChI=1S/C11H6F4IN3/c12-8-2-1-6(11(13,14)15)3-9(8)19-10-17-4-7(16)5-18-10/h1-5H,(H,17,18,19). The Morgan fingerprint density at radius 2 is 1.74 bits per heavy atom. The molecule has 0 aliphatic heterocycles. The van der Waals surface area contributed by atoms with Gasteiger partial charge in [-0.05, 0) is 40.8 Å². The van der Waals surface area contributed by atoms with Crippen molar-refractivity contribution in [3.63, 3.8) is 0 Å². The fourth-order valence-electron chi connectivity index (χ4n) is 1.29. The highest BCUT2D eigenvalue weighted by Gasteiger charge is 2.31. The Balaban J connectivity index is 2.31. The SMILES string of the molecule is Fc1ccc(C(F)(F)F)cc1Nc1ncc(I)cn1. The molecule has 0 atom stereocenters. The van der Waals surface area contributed by atoms with E-state index in [9.17, 15) is 17.6 Å². The Labute approximate surface area is 119 Å². The van der Waals surface area contributed by atoms with Gasteiger partial charge < -0.3 is 5.32 Å². The van der Waals surface area contributed by atoms with E-state index < -0.39 is 17.6 Å². The minimum atomic E-state index is -4.53. The van der Waals surface area contributed by atoms with Gasteiger partial charge >= 0.3 is 6.18 Å². The number of anilines is 2. The van der Waals surface area contributed by atoms with Crippen LogP contribution in [-0.4, -0.2) is 9.97 Å². The number of aromatic nitrogens is 2. The average molecular weight is 383 g/mol. The molecule has 19 heavy (non-hydrogen) atoms. The second-order valence-corrected chi connectivity index (χ2v) is 4.79. The van der Waals surface area contributed by atoms with E-state index in [1.54, 1.807) is 0 Å². The van der Waals surface area contributed by atoms with Gasteiger partial charge in [0.05, 0.1) is 11.3 Å². The van der Waals surface area contributed by atoms with Crippen LogP contribution < -0.4 is 5.32 Å². The third kappa shape index (κ3) is 3.52. The fraction of sp³-hybridized carbons (Fsp3) is 0.0909. The van der Waals surface area contributed by atoms with Gasteiger partial charge in [0.2, 0.25) is 5.95 Å². The Morgan fingerprint density at radius 3 is 2.32 bits per heavy atom. The van der Waals surface area contributed by atoms with Crippen LogP contribution in [0.1, 0.15) is 5.56 Å². The molecule has 1 heterocycles. The zero-order valence-electron chi connectivity index (χ0n) is 9.17. The maximum absolute atomic E-state index is 13.4. The van der Waals surface area contributed by atoms with E-state index in [-0.39, 0.29) is 11.6 Å². The van der Waals surface area contributed by atoms with Gasteiger partial charge in [0.25, 0.3) is 0 Å². The molecule has 1 aromatic heterocycles. The summed E-state index contributed by atoms with van der Waals surface area (Å²) in [5, 5.41) is 2.41. The zero-order valence-corrected chi connectivity index (χ0v) is 11.3. The van der Waals surface area contributed by atoms with Gasteiger partial charge in [0, 0.05) is 16.0 Å². The quantitative estimate of drug-likeness (QED) is 0.630. The van der Waals surface area contributed by atoms with Crippen molar-refractivity contribution in [2.45, 2.75) is 6.18 Å². The van der Waals surface area contributed by atoms with Crippen LogP contribution in [0.3, 0.4) is 0 Å². The van der Waals surface area contributed by atoms with Crippen LogP contribution in [0.4, 0.5) is 29.2 Å². The largest absolute Gasteiger partial charge is 0.416 e. The summed E-state index contributed by atoms with van der Waals surface area (Å²) in [7, 11) is 0. The van der Waals surface area contributed by atoms with Gasteiger partial charge in [-0.2, -0.15) is 13.2 Å². The lowest BCUT2D eigenvalue weighted by Gasteiger charge is -2.10. The minimum absolute atomic E-state index is 0.0265. The van der Waals surface area contributed by atoms with Crippen molar-refractivity contribution in [1.29, 1.82) is 0 Å². The first kappa shape index (κ1) is 14.0. The number of alkyl halides is 3. The van der Waals surface area contributed by atoms with Gasteiger partial charge in [-0.25, -0.2) is 14.4 Å². The van der Waals surface area contributed by atoms with Gasteiger partial charge in [-0.15, -0.1) is 0 Å². The van der Waals surface area contributed by atoms with Crippen molar-refractivity contribution in [3.8, 4) is 0 Å². The number of benzene rings is 1. The van der Waals surface area contributed by atoms with Crippen LogP contribution in [-0.2, 0) is 6.18 Å². The summed E-state index contributed by atoms with van der Waals surface area (Å²) in [5.74, 6) is -0.784. The van der Waals surface area contributed by atoms with Crippen molar-refractivity contribution in [3.05, 3.63) is 45.5 Å². The van der Waals surface area contributed by atoms with Crippen LogP contribution in [0.2, 0.25) is 0 Å². The van der Waals surface area contributed by atoms with E-state index in [0.29, 0.717) is 12.1 Å². The molecule has 0 aliphatic carbocycles. The number of nitrogens with zero attached hydrogens (tertiary/aromatic N) is 2. The second-order valence-electron chi connectivity index (χ2n) is 3.54. The van der Waals surface area contributed by atoms with Crippen LogP contribution in [0.5, 0.6) is 0 Å². The highest BCUT2D eigenvalue weighted by Crippen LogP contribution is 2.32. The van der Waals surface area contributed by atoms with Gasteiger partial charge in [0.1, 0.15) is 5.82 Å². The molecule has 1 aromatic carbocycles. The predicted molar refractivity (Wildman–Crippen MR) is 69.4 cm³/mol. The Morgan fingerprint density at radius 1 is 1.11 bits per heavy atom. The molecule has 1 N–H and O–H groups in total. The molecule has 100 valence electrons. The number of hydrogen-bond acceptors (Lipinski definition) is 3. The van der Waals surface area contributed by atoms with Gasteiger partial charge in [-0.1, -0.05) is 0 Å². The van der Waals surface area contributed by atoms with E-state index in [1.165, 1.54) is 12.4 Å². The summed E-state index contributed by atoms with van der Waals surface area (Å²) in [6, 6.07) is 2.10. The molecular formula is C11H6F4IN3. The summed E-state index contributed by atoms with van der Waals surface area (Å²) in [4.78, 5) is 7.66. The Hall–Kier alpha value is -1.45. The third-order valence-electron chi connectivity index (χ3n) is 2.16. The van der Waals surface area contributed by atoms with E-state index in [2.05, 4.69) is 15.3 Å². The predicted octanol–water partition coefficient (Wildman–Crippen LogP) is 3.98. The fourth-order valence-corrected chi connectivity index (χ4v) is 1.57. The van der Waals surface area contributed by atoms with Crippen LogP contribution in [0.15, 0.2) is 30.6 Å². The topological polar surface area (TPSA) is 37.8 Å². The van der Waals surface area contributed by atoms with Crippen LogP contribution in [0, 0.1) is 9.39 Å². The average Bonchev–Trinajstić information content (AvgIpc) is 2.33. The summed E-state index contributed by atoms with van der Waals surface area (Å²) < 4.78 is 51.7. The van der Waals surface area contributed by atoms with Gasteiger partial charge in [0.15, 0.2) is 0 Å². The third-order valence-corrected chi connectivity index (χ3v) is 2.72. The van der Waals surface area contributed by atoms with E-state index in [4.69, 9.17) is 0 Å². The van der Waals surface area contributed by atoms with Crippen molar-refractivity contribution in [2.24, 2.45) is 0 Å². The molecule has 0 unspecified atom stereocenters. The molecule has 0 bridgehead atoms. The first-order valence-corrected chi connectivity index (χ1v) is 6.05. The number of nitrogens with one attached hydrogen (secondary N) is 1. The Kier molecular flexibility index (Phi) is 3.88. The monoisotopic (exact) mass is 383 g/mol. The molecule has 8 heteroatoms. The lowest BCUT2D eigenvalue weighted by Crippen LogP contribution is -2.07. The molecule has 0 radical (unpaired) electrons. The zero-order chi connectivity index (χ0) is 14.0. The summed E-state index contributed by atoms with van der Waals surface area (Å²) in [6.07, 6.45) is -1.61. The molecule has 2 rings (SSSR count). The van der Waals surface area contributed by atoms with E-state index >= 15 is 0 Å². The summed E-state index contributed by atoms with van der Waals surface area (Å²) in [6.45, 7) is 0. The van der Waals surface area contributed by atoms with E-state index in [0.717, 1.165) is 9.64 Å². The van der Waals surface area contributed by atoms with Crippen LogP contribution >= 0.6 is 22.6 Å². The minimum Gasteiger partial charge on any atom is -0.322 e. The first-order valence-electron chi connectivity index (χ1n) is 4.97. The molecule has 0 aliphatic rings. The van der Waals surface area contributed by atoms with Crippen molar-refractivity contribution >= 4 is 34.2 Å². The summed E-state index contributed by atoms with van der Waals surface area (Å²) in [5.41, 5.74) is -1.27. The molecule has 0 saturated carbocycles. The molecule has 0 saturated heterocycles. The number of rotatable bonds is 2. The smallest absolute Gasteiger partial charge is 0.322 e. The molecule has 0 spiro atoms. The number of hydrogen-bond donors (Lipinski definition) is 1. The van der Waals surface area contributed by atoms with Gasteiger partial charge in [-0.3, -0.25) is 0 Å². The molecular weight excluding hydrogens is 377 g/mol. The van der Waals surface area contributed by atoms with Crippen molar-refractivity contribution < 1.29 is 17.6 Å². The van der Waals surface area contributed by atoms with Crippen molar-refractivity contribution in [1.82, 2.24) is 9.97 Å². The second kappa shape index (κ2) is 5.27. The molecule has 2 aromatic rings. The normalized spacial score (nSPS) is 11.4.